The summed E-state index contributed by atoms with van der Waals surface area (Å²) in [5, 5.41) is 2.64. The maximum atomic E-state index is 12.0. The van der Waals surface area contributed by atoms with Crippen molar-refractivity contribution in [3.05, 3.63) is 35.4 Å². The first-order valence-corrected chi connectivity index (χ1v) is 6.25. The summed E-state index contributed by atoms with van der Waals surface area (Å²) in [4.78, 5) is 25.3. The Hall–Kier alpha value is -1.95. The number of carbonyl (C=O) groups is 2. The summed E-state index contributed by atoms with van der Waals surface area (Å²) >= 11 is 4.87. The van der Waals surface area contributed by atoms with Crippen LogP contribution >= 0.6 is 12.2 Å². The maximum absolute atomic E-state index is 12.0. The van der Waals surface area contributed by atoms with Crippen LogP contribution in [0.5, 0.6) is 0 Å². The van der Waals surface area contributed by atoms with Crippen LogP contribution in [-0.4, -0.2) is 27.4 Å². The van der Waals surface area contributed by atoms with Crippen molar-refractivity contribution < 1.29 is 9.59 Å². The highest BCUT2D eigenvalue weighted by molar-refractivity contribution is 7.80. The van der Waals surface area contributed by atoms with Crippen molar-refractivity contribution >= 4 is 29.1 Å². The quantitative estimate of drug-likeness (QED) is 0.642. The summed E-state index contributed by atoms with van der Waals surface area (Å²) in [6, 6.07) is 6.80. The lowest BCUT2D eigenvalue weighted by molar-refractivity contribution is -0.130. The third-order valence-corrected chi connectivity index (χ3v) is 3.26. The molecule has 0 aromatic heterocycles. The van der Waals surface area contributed by atoms with Crippen molar-refractivity contribution in [2.75, 3.05) is 0 Å². The molecule has 1 aliphatic rings. The molecule has 1 heterocycles. The molecule has 0 bridgehead atoms. The minimum absolute atomic E-state index is 0.226. The molecule has 0 saturated carbocycles. The number of nitrogens with one attached hydrogen (secondary N) is 1. The lowest BCUT2D eigenvalue weighted by atomic mass is 10.1. The number of nitrogens with two attached hydrogens (primary N) is 1. The van der Waals surface area contributed by atoms with E-state index in [0.29, 0.717) is 4.99 Å². The molecule has 1 aliphatic heterocycles. The molecule has 1 saturated heterocycles. The average Bonchev–Trinajstić information content (AvgIpc) is 2.52. The minimum atomic E-state index is -0.837. The molecule has 0 radical (unpaired) electrons. The molecule has 100 valence electrons. The molecule has 0 unspecified atom stereocenters. The summed E-state index contributed by atoms with van der Waals surface area (Å²) in [5.41, 5.74) is 6.28. The number of hydrogen-bond acceptors (Lipinski definition) is 3. The number of urea groups is 1. The largest absolute Gasteiger partial charge is 0.389 e. The molecular formula is C13H15N3O2S. The van der Waals surface area contributed by atoms with Gasteiger partial charge in [0, 0.05) is 5.56 Å². The third kappa shape index (κ3) is 2.58. The van der Waals surface area contributed by atoms with Crippen LogP contribution in [0.2, 0.25) is 0 Å². The van der Waals surface area contributed by atoms with Gasteiger partial charge in [0.2, 0.25) is 0 Å². The number of hydrogen-bond donors (Lipinski definition) is 2. The SMILES string of the molecule is CC1(C)NC(=O)N(Cc2ccc(C(N)=S)cc2)C1=O. The zero-order chi connectivity index (χ0) is 14.2. The van der Waals surface area contributed by atoms with Crippen LogP contribution in [0, 0.1) is 0 Å². The molecular weight excluding hydrogens is 262 g/mol. The van der Waals surface area contributed by atoms with Crippen molar-refractivity contribution in [3.63, 3.8) is 0 Å². The van der Waals surface area contributed by atoms with E-state index in [4.69, 9.17) is 18.0 Å². The average molecular weight is 277 g/mol. The van der Waals surface area contributed by atoms with Gasteiger partial charge >= 0.3 is 6.03 Å². The number of nitrogens with zero attached hydrogens (tertiary/aromatic N) is 1. The van der Waals surface area contributed by atoms with E-state index in [2.05, 4.69) is 5.32 Å². The molecule has 0 atom stereocenters. The number of carbonyl (C=O) groups excluding carboxylic acids is 2. The summed E-state index contributed by atoms with van der Waals surface area (Å²) < 4.78 is 0. The van der Waals surface area contributed by atoms with Crippen LogP contribution < -0.4 is 11.1 Å². The van der Waals surface area contributed by atoms with E-state index < -0.39 is 5.54 Å². The van der Waals surface area contributed by atoms with Crippen molar-refractivity contribution in [1.82, 2.24) is 10.2 Å². The number of benzene rings is 1. The fourth-order valence-electron chi connectivity index (χ4n) is 1.92. The van der Waals surface area contributed by atoms with Gasteiger partial charge in [0.1, 0.15) is 10.5 Å². The predicted molar refractivity (Wildman–Crippen MR) is 75.5 cm³/mol. The summed E-state index contributed by atoms with van der Waals surface area (Å²) in [6.07, 6.45) is 0. The molecule has 3 amide bonds. The molecule has 0 aliphatic carbocycles. The van der Waals surface area contributed by atoms with Gasteiger partial charge in [-0.15, -0.1) is 0 Å². The zero-order valence-electron chi connectivity index (χ0n) is 10.8. The van der Waals surface area contributed by atoms with Crippen LogP contribution in [0.15, 0.2) is 24.3 Å². The van der Waals surface area contributed by atoms with Gasteiger partial charge in [-0.2, -0.15) is 0 Å². The smallest absolute Gasteiger partial charge is 0.325 e. The van der Waals surface area contributed by atoms with Crippen LogP contribution in [-0.2, 0) is 11.3 Å². The van der Waals surface area contributed by atoms with Gasteiger partial charge in [-0.05, 0) is 19.4 Å². The number of amides is 3. The molecule has 1 fully saturated rings. The molecule has 5 nitrogen and oxygen atoms in total. The highest BCUT2D eigenvalue weighted by Gasteiger charge is 2.43. The van der Waals surface area contributed by atoms with Gasteiger partial charge in [0.05, 0.1) is 6.54 Å². The van der Waals surface area contributed by atoms with E-state index in [1.165, 1.54) is 4.90 Å². The van der Waals surface area contributed by atoms with E-state index in [0.717, 1.165) is 11.1 Å². The first-order chi connectivity index (χ1) is 8.81. The van der Waals surface area contributed by atoms with Crippen molar-refractivity contribution in [2.45, 2.75) is 25.9 Å². The first-order valence-electron chi connectivity index (χ1n) is 5.84. The zero-order valence-corrected chi connectivity index (χ0v) is 11.6. The van der Waals surface area contributed by atoms with Gasteiger partial charge in [-0.3, -0.25) is 9.69 Å². The number of rotatable bonds is 3. The second-order valence-electron chi connectivity index (χ2n) is 5.01. The Labute approximate surface area is 116 Å². The number of thiocarbonyl (C=S) groups is 1. The molecule has 3 N–H and O–H groups in total. The third-order valence-electron chi connectivity index (χ3n) is 3.02. The lowest BCUT2D eigenvalue weighted by Crippen LogP contribution is -2.40. The standard InChI is InChI=1S/C13H15N3O2S/c1-13(2)11(17)16(12(18)15-13)7-8-3-5-9(6-4-8)10(14)19/h3-6H,7H2,1-2H3,(H2,14,19)(H,15,18). The molecule has 6 heteroatoms. The van der Waals surface area contributed by atoms with Gasteiger partial charge in [0.25, 0.3) is 5.91 Å². The Morgan fingerprint density at radius 3 is 2.32 bits per heavy atom. The second-order valence-corrected chi connectivity index (χ2v) is 5.45. The minimum Gasteiger partial charge on any atom is -0.389 e. The summed E-state index contributed by atoms with van der Waals surface area (Å²) in [7, 11) is 0. The normalized spacial score (nSPS) is 17.5. The van der Waals surface area contributed by atoms with Crippen molar-refractivity contribution in [3.8, 4) is 0 Å². The predicted octanol–water partition coefficient (Wildman–Crippen LogP) is 1.15. The number of imide groups is 1. The molecule has 2 rings (SSSR count). The van der Waals surface area contributed by atoms with Gasteiger partial charge in [0.15, 0.2) is 0 Å². The van der Waals surface area contributed by atoms with Crippen LogP contribution in [0.25, 0.3) is 0 Å². The van der Waals surface area contributed by atoms with E-state index in [1.807, 2.05) is 0 Å². The van der Waals surface area contributed by atoms with E-state index >= 15 is 0 Å². The summed E-state index contributed by atoms with van der Waals surface area (Å²) in [6.45, 7) is 3.61. The van der Waals surface area contributed by atoms with E-state index in [-0.39, 0.29) is 18.5 Å². The Morgan fingerprint density at radius 2 is 1.89 bits per heavy atom. The van der Waals surface area contributed by atoms with Crippen molar-refractivity contribution in [2.24, 2.45) is 5.73 Å². The van der Waals surface area contributed by atoms with Crippen LogP contribution in [0.3, 0.4) is 0 Å². The molecule has 1 aromatic rings. The van der Waals surface area contributed by atoms with Gasteiger partial charge < -0.3 is 11.1 Å². The molecule has 1 aromatic carbocycles. The van der Waals surface area contributed by atoms with Crippen LogP contribution in [0.1, 0.15) is 25.0 Å². The lowest BCUT2D eigenvalue weighted by Gasteiger charge is -2.16. The Morgan fingerprint density at radius 1 is 1.32 bits per heavy atom. The van der Waals surface area contributed by atoms with Gasteiger partial charge in [-0.1, -0.05) is 36.5 Å². The van der Waals surface area contributed by atoms with E-state index in [9.17, 15) is 9.59 Å². The first kappa shape index (κ1) is 13.5. The monoisotopic (exact) mass is 277 g/mol. The van der Waals surface area contributed by atoms with E-state index in [1.54, 1.807) is 38.1 Å². The van der Waals surface area contributed by atoms with Crippen molar-refractivity contribution in [1.29, 1.82) is 0 Å². The Kier molecular flexibility index (Phi) is 3.28. The fourth-order valence-corrected chi connectivity index (χ4v) is 2.05. The van der Waals surface area contributed by atoms with Crippen LogP contribution in [0.4, 0.5) is 4.79 Å². The van der Waals surface area contributed by atoms with Gasteiger partial charge in [-0.25, -0.2) is 4.79 Å². The second kappa shape index (κ2) is 4.62. The Balaban J connectivity index is 2.16. The topological polar surface area (TPSA) is 75.4 Å². The molecule has 19 heavy (non-hydrogen) atoms. The highest BCUT2D eigenvalue weighted by atomic mass is 32.1. The maximum Gasteiger partial charge on any atom is 0.325 e. The Bertz CT molecular complexity index is 552. The molecule has 0 spiro atoms. The summed E-state index contributed by atoms with van der Waals surface area (Å²) in [5.74, 6) is -0.226. The fraction of sp³-hybridized carbons (Fsp3) is 0.308. The highest BCUT2D eigenvalue weighted by Crippen LogP contribution is 2.19.